The number of carboxylic acid groups (broad SMARTS) is 1. The van der Waals surface area contributed by atoms with E-state index in [-0.39, 0.29) is 27.9 Å². The van der Waals surface area contributed by atoms with Gasteiger partial charge in [-0.1, -0.05) is 26.8 Å². The van der Waals surface area contributed by atoms with Crippen molar-refractivity contribution in [3.05, 3.63) is 47.7 Å². The number of nitrogens with zero attached hydrogens (tertiary/aromatic N) is 1. The van der Waals surface area contributed by atoms with Crippen LogP contribution in [0.3, 0.4) is 0 Å². The van der Waals surface area contributed by atoms with Crippen molar-refractivity contribution in [1.29, 1.82) is 0 Å². The molecule has 2 N–H and O–H groups in total. The SMILES string of the molecule is COc1ncc(C(C)C(C)C)cc1NS(=O)(=O)c1cccc(C(=O)O)c1. The van der Waals surface area contributed by atoms with Gasteiger partial charge in [0.05, 0.1) is 17.6 Å². The number of aromatic nitrogens is 1. The van der Waals surface area contributed by atoms with E-state index in [0.29, 0.717) is 5.92 Å². The second-order valence-electron chi connectivity index (χ2n) is 6.30. The normalized spacial score (nSPS) is 12.7. The van der Waals surface area contributed by atoms with Crippen LogP contribution >= 0.6 is 0 Å². The fraction of sp³-hybridized carbons (Fsp3) is 0.333. The van der Waals surface area contributed by atoms with Crippen LogP contribution < -0.4 is 9.46 Å². The predicted molar refractivity (Wildman–Crippen MR) is 98.3 cm³/mol. The number of sulfonamides is 1. The number of ether oxygens (including phenoxy) is 1. The second kappa shape index (κ2) is 7.74. The third kappa shape index (κ3) is 4.32. The Morgan fingerprint density at radius 1 is 1.23 bits per heavy atom. The van der Waals surface area contributed by atoms with Gasteiger partial charge in [-0.15, -0.1) is 0 Å². The number of nitrogens with one attached hydrogen (secondary N) is 1. The number of hydrogen-bond donors (Lipinski definition) is 2. The molecule has 0 aliphatic heterocycles. The van der Waals surface area contributed by atoms with E-state index in [1.54, 1.807) is 12.3 Å². The Morgan fingerprint density at radius 2 is 1.92 bits per heavy atom. The van der Waals surface area contributed by atoms with Crippen molar-refractivity contribution in [3.8, 4) is 5.88 Å². The summed E-state index contributed by atoms with van der Waals surface area (Å²) in [6, 6.07) is 6.83. The van der Waals surface area contributed by atoms with Crippen molar-refractivity contribution in [2.24, 2.45) is 5.92 Å². The summed E-state index contributed by atoms with van der Waals surface area (Å²) in [6.07, 6.45) is 1.66. The largest absolute Gasteiger partial charge is 0.480 e. The molecule has 1 unspecified atom stereocenters. The Balaban J connectivity index is 2.43. The molecule has 1 heterocycles. The summed E-state index contributed by atoms with van der Waals surface area (Å²) >= 11 is 0. The van der Waals surface area contributed by atoms with Crippen molar-refractivity contribution >= 4 is 21.7 Å². The fourth-order valence-corrected chi connectivity index (χ4v) is 3.43. The molecule has 7 nitrogen and oxygen atoms in total. The third-order valence-electron chi connectivity index (χ3n) is 4.23. The van der Waals surface area contributed by atoms with Gasteiger partial charge in [0, 0.05) is 6.20 Å². The minimum Gasteiger partial charge on any atom is -0.480 e. The van der Waals surface area contributed by atoms with Gasteiger partial charge in [-0.2, -0.15) is 0 Å². The van der Waals surface area contributed by atoms with Crippen molar-refractivity contribution in [1.82, 2.24) is 4.98 Å². The molecule has 0 saturated heterocycles. The zero-order valence-corrected chi connectivity index (χ0v) is 15.9. The topological polar surface area (TPSA) is 106 Å². The summed E-state index contributed by atoms with van der Waals surface area (Å²) in [4.78, 5) is 15.1. The van der Waals surface area contributed by atoms with Crippen LogP contribution in [0, 0.1) is 5.92 Å². The highest BCUT2D eigenvalue weighted by Crippen LogP contribution is 2.31. The summed E-state index contributed by atoms with van der Waals surface area (Å²) in [5.41, 5.74) is 0.969. The zero-order valence-electron chi connectivity index (χ0n) is 15.1. The molecule has 1 aromatic heterocycles. The molecule has 1 aromatic carbocycles. The molecule has 0 amide bonds. The van der Waals surface area contributed by atoms with Crippen LogP contribution in [0.2, 0.25) is 0 Å². The maximum absolute atomic E-state index is 12.7. The number of aromatic carboxylic acids is 1. The summed E-state index contributed by atoms with van der Waals surface area (Å²) in [6.45, 7) is 6.16. The van der Waals surface area contributed by atoms with Gasteiger partial charge >= 0.3 is 5.97 Å². The van der Waals surface area contributed by atoms with Crippen LogP contribution in [0.5, 0.6) is 5.88 Å². The van der Waals surface area contributed by atoms with E-state index >= 15 is 0 Å². The van der Waals surface area contributed by atoms with Gasteiger partial charge in [0.1, 0.15) is 5.69 Å². The van der Waals surface area contributed by atoms with Gasteiger partial charge < -0.3 is 9.84 Å². The molecule has 26 heavy (non-hydrogen) atoms. The number of carbonyl (C=O) groups is 1. The number of anilines is 1. The van der Waals surface area contributed by atoms with Gasteiger partial charge in [0.2, 0.25) is 5.88 Å². The molecule has 8 heteroatoms. The Labute approximate surface area is 153 Å². The van der Waals surface area contributed by atoms with Crippen LogP contribution in [0.25, 0.3) is 0 Å². The number of methoxy groups -OCH3 is 1. The Bertz CT molecular complexity index is 910. The Morgan fingerprint density at radius 3 is 2.50 bits per heavy atom. The van der Waals surface area contributed by atoms with Crippen molar-refractivity contribution < 1.29 is 23.1 Å². The van der Waals surface area contributed by atoms with Crippen LogP contribution in [0.1, 0.15) is 42.6 Å². The van der Waals surface area contributed by atoms with Crippen LogP contribution in [-0.2, 0) is 10.0 Å². The lowest BCUT2D eigenvalue weighted by Crippen LogP contribution is -2.15. The summed E-state index contributed by atoms with van der Waals surface area (Å²) in [5.74, 6) is -0.536. The average molecular weight is 378 g/mol. The van der Waals surface area contributed by atoms with E-state index < -0.39 is 16.0 Å². The molecule has 0 aliphatic rings. The molecular formula is C18H22N2O5S. The second-order valence-corrected chi connectivity index (χ2v) is 7.98. The highest BCUT2D eigenvalue weighted by Gasteiger charge is 2.20. The summed E-state index contributed by atoms with van der Waals surface area (Å²) in [7, 11) is -2.60. The molecule has 0 saturated carbocycles. The minimum absolute atomic E-state index is 0.111. The highest BCUT2D eigenvalue weighted by atomic mass is 32.2. The molecular weight excluding hydrogens is 356 g/mol. The monoisotopic (exact) mass is 378 g/mol. The van der Waals surface area contributed by atoms with Gasteiger partial charge in [-0.3, -0.25) is 4.72 Å². The first kappa shape index (κ1) is 19.7. The van der Waals surface area contributed by atoms with Crippen molar-refractivity contribution in [2.75, 3.05) is 11.8 Å². The molecule has 2 aromatic rings. The van der Waals surface area contributed by atoms with Crippen LogP contribution in [-0.4, -0.2) is 31.6 Å². The van der Waals surface area contributed by atoms with E-state index in [4.69, 9.17) is 9.84 Å². The predicted octanol–water partition coefficient (Wildman–Crippen LogP) is 3.35. The minimum atomic E-state index is -4.00. The van der Waals surface area contributed by atoms with E-state index in [0.717, 1.165) is 11.6 Å². The molecule has 0 spiro atoms. The molecule has 140 valence electrons. The first-order chi connectivity index (χ1) is 12.2. The smallest absolute Gasteiger partial charge is 0.335 e. The van der Waals surface area contributed by atoms with E-state index in [1.807, 2.05) is 6.92 Å². The Kier molecular flexibility index (Phi) is 5.86. The van der Waals surface area contributed by atoms with Crippen molar-refractivity contribution in [2.45, 2.75) is 31.6 Å². The lowest BCUT2D eigenvalue weighted by Gasteiger charge is -2.18. The standard InChI is InChI=1S/C18H22N2O5S/c1-11(2)12(3)14-9-16(17(25-4)19-10-14)20-26(23,24)15-7-5-6-13(8-15)18(21)22/h5-12,20H,1-4H3,(H,21,22). The van der Waals surface area contributed by atoms with Crippen LogP contribution in [0.4, 0.5) is 5.69 Å². The van der Waals surface area contributed by atoms with E-state index in [1.165, 1.54) is 25.3 Å². The maximum atomic E-state index is 12.7. The molecule has 0 bridgehead atoms. The maximum Gasteiger partial charge on any atom is 0.335 e. The fourth-order valence-electron chi connectivity index (χ4n) is 2.34. The van der Waals surface area contributed by atoms with Gasteiger partial charge in [-0.25, -0.2) is 18.2 Å². The number of pyridine rings is 1. The van der Waals surface area contributed by atoms with Gasteiger partial charge in [0.15, 0.2) is 0 Å². The molecule has 2 rings (SSSR count). The highest BCUT2D eigenvalue weighted by molar-refractivity contribution is 7.92. The summed E-state index contributed by atoms with van der Waals surface area (Å²) in [5, 5.41) is 9.05. The Hall–Kier alpha value is -2.61. The lowest BCUT2D eigenvalue weighted by molar-refractivity contribution is 0.0696. The quantitative estimate of drug-likeness (QED) is 0.765. The molecule has 0 radical (unpaired) electrons. The van der Waals surface area contributed by atoms with E-state index in [2.05, 4.69) is 23.6 Å². The third-order valence-corrected chi connectivity index (χ3v) is 5.59. The lowest BCUT2D eigenvalue weighted by atomic mass is 9.91. The molecule has 1 atom stereocenters. The number of benzene rings is 1. The van der Waals surface area contributed by atoms with E-state index in [9.17, 15) is 13.2 Å². The van der Waals surface area contributed by atoms with Gasteiger partial charge in [-0.05, 0) is 41.7 Å². The summed E-state index contributed by atoms with van der Waals surface area (Å²) < 4.78 is 32.9. The molecule has 0 fully saturated rings. The number of hydrogen-bond acceptors (Lipinski definition) is 5. The van der Waals surface area contributed by atoms with Crippen LogP contribution in [0.15, 0.2) is 41.4 Å². The van der Waals surface area contributed by atoms with Gasteiger partial charge in [0.25, 0.3) is 10.0 Å². The first-order valence-corrected chi connectivity index (χ1v) is 9.54. The number of carboxylic acids is 1. The molecule has 0 aliphatic carbocycles. The number of rotatable bonds is 7. The first-order valence-electron chi connectivity index (χ1n) is 8.05. The zero-order chi connectivity index (χ0) is 19.5. The average Bonchev–Trinajstić information content (AvgIpc) is 2.60. The van der Waals surface area contributed by atoms with Crippen molar-refractivity contribution in [3.63, 3.8) is 0 Å².